The molecule has 0 amide bonds. The average Bonchev–Trinajstić information content (AvgIpc) is 2.39. The molecule has 1 aromatic heterocycles. The van der Waals surface area contributed by atoms with Crippen molar-refractivity contribution in [1.29, 1.82) is 0 Å². The Morgan fingerprint density at radius 2 is 2.12 bits per heavy atom. The number of ether oxygens (including phenoxy) is 1. The van der Waals surface area contributed by atoms with Gasteiger partial charge in [0, 0.05) is 0 Å². The normalized spacial score (nSPS) is 17.1. The van der Waals surface area contributed by atoms with E-state index in [2.05, 4.69) is 14.9 Å². The van der Waals surface area contributed by atoms with Crippen LogP contribution in [0.2, 0.25) is 0 Å². The molecule has 0 spiro atoms. The van der Waals surface area contributed by atoms with Crippen LogP contribution in [0.4, 0.5) is 0 Å². The molecular weight excluding hydrogens is 204 g/mol. The molecule has 1 fully saturated rings. The van der Waals surface area contributed by atoms with Crippen molar-refractivity contribution in [3.8, 4) is 0 Å². The molecule has 86 valence electrons. The Balaban J connectivity index is 2.17. The van der Waals surface area contributed by atoms with Crippen molar-refractivity contribution in [3.63, 3.8) is 0 Å². The van der Waals surface area contributed by atoms with E-state index < -0.39 is 5.97 Å². The van der Waals surface area contributed by atoms with Gasteiger partial charge in [-0.2, -0.15) is 5.10 Å². The topological polar surface area (TPSA) is 52.1 Å². The second kappa shape index (κ2) is 5.05. The molecule has 1 saturated carbocycles. The molecule has 0 atom stereocenters. The fraction of sp³-hybridized carbons (Fsp3) is 0.583. The minimum Gasteiger partial charge on any atom is -0.464 e. The smallest absolute Gasteiger partial charge is 0.358 e. The van der Waals surface area contributed by atoms with E-state index in [1.807, 2.05) is 6.07 Å². The molecule has 0 N–H and O–H groups in total. The summed E-state index contributed by atoms with van der Waals surface area (Å²) >= 11 is 0. The van der Waals surface area contributed by atoms with E-state index in [0.717, 1.165) is 5.56 Å². The van der Waals surface area contributed by atoms with Gasteiger partial charge in [0.1, 0.15) is 0 Å². The number of hydrogen-bond donors (Lipinski definition) is 0. The third-order valence-electron chi connectivity index (χ3n) is 3.15. The predicted molar refractivity (Wildman–Crippen MR) is 59.2 cm³/mol. The van der Waals surface area contributed by atoms with Crippen molar-refractivity contribution in [2.45, 2.75) is 38.0 Å². The Kier molecular flexibility index (Phi) is 3.49. The first-order valence-electron chi connectivity index (χ1n) is 5.72. The molecule has 0 radical (unpaired) electrons. The van der Waals surface area contributed by atoms with E-state index in [9.17, 15) is 4.79 Å². The van der Waals surface area contributed by atoms with Crippen molar-refractivity contribution in [2.24, 2.45) is 0 Å². The Bertz CT molecular complexity index is 373. The molecule has 0 saturated heterocycles. The van der Waals surface area contributed by atoms with Crippen LogP contribution in [0.1, 0.15) is 54.1 Å². The summed E-state index contributed by atoms with van der Waals surface area (Å²) < 4.78 is 4.64. The molecule has 1 aliphatic carbocycles. The highest BCUT2D eigenvalue weighted by Crippen LogP contribution is 2.32. The first-order valence-corrected chi connectivity index (χ1v) is 5.72. The Labute approximate surface area is 95.0 Å². The van der Waals surface area contributed by atoms with Gasteiger partial charge in [0.05, 0.1) is 13.3 Å². The molecule has 0 unspecified atom stereocenters. The lowest BCUT2D eigenvalue weighted by atomic mass is 9.85. The summed E-state index contributed by atoms with van der Waals surface area (Å²) in [7, 11) is 1.36. The van der Waals surface area contributed by atoms with Crippen LogP contribution < -0.4 is 0 Å². The first kappa shape index (κ1) is 11.0. The fourth-order valence-corrected chi connectivity index (χ4v) is 2.25. The molecule has 0 aliphatic heterocycles. The number of aromatic nitrogens is 2. The summed E-state index contributed by atoms with van der Waals surface area (Å²) in [5.41, 5.74) is 1.43. The molecule has 4 nitrogen and oxygen atoms in total. The summed E-state index contributed by atoms with van der Waals surface area (Å²) in [6.07, 6.45) is 7.99. The molecular formula is C12H16N2O2. The summed E-state index contributed by atoms with van der Waals surface area (Å²) in [4.78, 5) is 11.3. The molecule has 16 heavy (non-hydrogen) atoms. The standard InChI is InChI=1S/C12H16N2O2/c1-16-12(15)11-7-10(8-13-14-11)9-5-3-2-4-6-9/h7-9H,2-6H2,1H3. The van der Waals surface area contributed by atoms with E-state index >= 15 is 0 Å². The van der Waals surface area contributed by atoms with Gasteiger partial charge in [0.25, 0.3) is 0 Å². The van der Waals surface area contributed by atoms with Gasteiger partial charge in [-0.05, 0) is 30.4 Å². The SMILES string of the molecule is COC(=O)c1cc(C2CCCCC2)cnn1. The first-order chi connectivity index (χ1) is 7.81. The van der Waals surface area contributed by atoms with Gasteiger partial charge in [-0.25, -0.2) is 4.79 Å². The van der Waals surface area contributed by atoms with Gasteiger partial charge >= 0.3 is 5.97 Å². The molecule has 1 aromatic rings. The highest BCUT2D eigenvalue weighted by molar-refractivity contribution is 5.87. The van der Waals surface area contributed by atoms with Gasteiger partial charge < -0.3 is 4.74 Å². The maximum Gasteiger partial charge on any atom is 0.358 e. The van der Waals surface area contributed by atoms with Crippen LogP contribution in [0.25, 0.3) is 0 Å². The van der Waals surface area contributed by atoms with Gasteiger partial charge in [-0.15, -0.1) is 5.10 Å². The third-order valence-corrected chi connectivity index (χ3v) is 3.15. The maximum atomic E-state index is 11.3. The van der Waals surface area contributed by atoms with E-state index in [4.69, 9.17) is 0 Å². The van der Waals surface area contributed by atoms with Crippen LogP contribution in [0.5, 0.6) is 0 Å². The van der Waals surface area contributed by atoms with Crippen LogP contribution >= 0.6 is 0 Å². The second-order valence-electron chi connectivity index (χ2n) is 4.20. The lowest BCUT2D eigenvalue weighted by Crippen LogP contribution is -2.10. The Morgan fingerprint density at radius 3 is 2.81 bits per heavy atom. The van der Waals surface area contributed by atoms with Crippen molar-refractivity contribution in [2.75, 3.05) is 7.11 Å². The minimum atomic E-state index is -0.412. The quantitative estimate of drug-likeness (QED) is 0.718. The number of carbonyl (C=O) groups is 1. The van der Waals surface area contributed by atoms with Crippen LogP contribution in [-0.2, 0) is 4.74 Å². The van der Waals surface area contributed by atoms with E-state index in [1.165, 1.54) is 39.2 Å². The number of rotatable bonds is 2. The lowest BCUT2D eigenvalue weighted by Gasteiger charge is -2.21. The van der Waals surface area contributed by atoms with E-state index in [0.29, 0.717) is 11.6 Å². The Morgan fingerprint density at radius 1 is 1.38 bits per heavy atom. The van der Waals surface area contributed by atoms with Crippen LogP contribution in [0.15, 0.2) is 12.3 Å². The van der Waals surface area contributed by atoms with Crippen molar-refractivity contribution < 1.29 is 9.53 Å². The number of methoxy groups -OCH3 is 1. The number of esters is 1. The number of carbonyl (C=O) groups excluding carboxylic acids is 1. The van der Waals surface area contributed by atoms with Gasteiger partial charge in [0.15, 0.2) is 5.69 Å². The van der Waals surface area contributed by atoms with Gasteiger partial charge in [-0.3, -0.25) is 0 Å². The summed E-state index contributed by atoms with van der Waals surface area (Å²) in [5.74, 6) is 0.123. The zero-order valence-corrected chi connectivity index (χ0v) is 9.48. The lowest BCUT2D eigenvalue weighted by molar-refractivity contribution is 0.0592. The third kappa shape index (κ3) is 2.38. The largest absolute Gasteiger partial charge is 0.464 e. The highest BCUT2D eigenvalue weighted by atomic mass is 16.5. The summed E-state index contributed by atoms with van der Waals surface area (Å²) in [6, 6.07) is 1.81. The van der Waals surface area contributed by atoms with Crippen molar-refractivity contribution >= 4 is 5.97 Å². The van der Waals surface area contributed by atoms with Crippen molar-refractivity contribution in [1.82, 2.24) is 10.2 Å². The Hall–Kier alpha value is -1.45. The highest BCUT2D eigenvalue weighted by Gasteiger charge is 2.18. The summed E-state index contributed by atoms with van der Waals surface area (Å²) in [5, 5.41) is 7.66. The summed E-state index contributed by atoms with van der Waals surface area (Å²) in [6.45, 7) is 0. The molecule has 1 aliphatic rings. The van der Waals surface area contributed by atoms with E-state index in [1.54, 1.807) is 6.20 Å². The minimum absolute atomic E-state index is 0.311. The molecule has 2 rings (SSSR count). The maximum absolute atomic E-state index is 11.3. The second-order valence-corrected chi connectivity index (χ2v) is 4.20. The van der Waals surface area contributed by atoms with Crippen molar-refractivity contribution in [3.05, 3.63) is 23.5 Å². The molecule has 0 aromatic carbocycles. The average molecular weight is 220 g/mol. The predicted octanol–water partition coefficient (Wildman–Crippen LogP) is 2.31. The molecule has 4 heteroatoms. The molecule has 1 heterocycles. The van der Waals surface area contributed by atoms with Crippen LogP contribution in [-0.4, -0.2) is 23.3 Å². The zero-order valence-electron chi connectivity index (χ0n) is 9.48. The zero-order chi connectivity index (χ0) is 11.4. The van der Waals surface area contributed by atoms with E-state index in [-0.39, 0.29) is 0 Å². The monoisotopic (exact) mass is 220 g/mol. The fourth-order valence-electron chi connectivity index (χ4n) is 2.25. The van der Waals surface area contributed by atoms with Gasteiger partial charge in [-0.1, -0.05) is 19.3 Å². The van der Waals surface area contributed by atoms with Crippen LogP contribution in [0, 0.1) is 0 Å². The number of nitrogens with zero attached hydrogens (tertiary/aromatic N) is 2. The molecule has 0 bridgehead atoms. The van der Waals surface area contributed by atoms with Crippen LogP contribution in [0.3, 0.4) is 0 Å². The number of hydrogen-bond acceptors (Lipinski definition) is 4. The van der Waals surface area contributed by atoms with Gasteiger partial charge in [0.2, 0.25) is 0 Å².